The van der Waals surface area contributed by atoms with Gasteiger partial charge >= 0.3 is 18.2 Å². The van der Waals surface area contributed by atoms with Crippen LogP contribution in [-0.2, 0) is 10.9 Å². The standard InChI is InChI=1S/C19H18ClF3N2O3/c1-2-3-10-28-17(26)12-4-6-13(7-5-12)24-18(27)25-14-8-9-16(20)15(11-14)19(21,22)23/h4-9,11H,2-3,10H2,1H3,(H2,24,25,27). The molecule has 0 aromatic heterocycles. The SMILES string of the molecule is CCCCOC(=O)c1ccc(NC(=O)Nc2ccc(Cl)c(C(F)(F)F)c2)cc1. The zero-order chi connectivity index (χ0) is 20.7. The molecule has 150 valence electrons. The van der Waals surface area contributed by atoms with Crippen molar-refractivity contribution in [1.82, 2.24) is 0 Å². The van der Waals surface area contributed by atoms with E-state index in [-0.39, 0.29) is 5.69 Å². The minimum atomic E-state index is -4.63. The molecule has 28 heavy (non-hydrogen) atoms. The lowest BCUT2D eigenvalue weighted by Crippen LogP contribution is -2.20. The van der Waals surface area contributed by atoms with E-state index in [0.29, 0.717) is 17.9 Å². The predicted molar refractivity (Wildman–Crippen MR) is 101 cm³/mol. The average molecular weight is 415 g/mol. The number of amides is 2. The van der Waals surface area contributed by atoms with Crippen LogP contribution in [0.25, 0.3) is 0 Å². The number of benzene rings is 2. The molecule has 9 heteroatoms. The van der Waals surface area contributed by atoms with Crippen molar-refractivity contribution >= 4 is 35.0 Å². The molecule has 0 heterocycles. The molecule has 0 unspecified atom stereocenters. The minimum absolute atomic E-state index is 0.0645. The number of unbranched alkanes of at least 4 members (excludes halogenated alkanes) is 1. The normalized spacial score (nSPS) is 11.0. The number of esters is 1. The molecule has 0 bridgehead atoms. The maximum atomic E-state index is 12.9. The van der Waals surface area contributed by atoms with E-state index in [1.807, 2.05) is 6.92 Å². The van der Waals surface area contributed by atoms with Gasteiger partial charge in [-0.2, -0.15) is 13.2 Å². The van der Waals surface area contributed by atoms with Gasteiger partial charge in [-0.25, -0.2) is 9.59 Å². The predicted octanol–water partition coefficient (Wildman–Crippen LogP) is 5.96. The first-order chi connectivity index (χ1) is 13.2. The topological polar surface area (TPSA) is 67.4 Å². The van der Waals surface area contributed by atoms with E-state index in [2.05, 4.69) is 10.6 Å². The van der Waals surface area contributed by atoms with Crippen LogP contribution in [0.5, 0.6) is 0 Å². The Labute approximate surface area is 164 Å². The molecule has 0 saturated heterocycles. The fourth-order valence-corrected chi connectivity index (χ4v) is 2.42. The summed E-state index contributed by atoms with van der Waals surface area (Å²) in [6.07, 6.45) is -2.96. The highest BCUT2D eigenvalue weighted by Gasteiger charge is 2.33. The maximum absolute atomic E-state index is 12.9. The number of hydrogen-bond donors (Lipinski definition) is 2. The van der Waals surface area contributed by atoms with Crippen LogP contribution in [0.4, 0.5) is 29.3 Å². The number of alkyl halides is 3. The molecule has 2 aromatic rings. The second-order valence-corrected chi connectivity index (χ2v) is 6.25. The summed E-state index contributed by atoms with van der Waals surface area (Å²) >= 11 is 5.54. The van der Waals surface area contributed by atoms with Crippen molar-refractivity contribution in [3.05, 3.63) is 58.6 Å². The molecule has 2 rings (SSSR count). The zero-order valence-corrected chi connectivity index (χ0v) is 15.7. The highest BCUT2D eigenvalue weighted by atomic mass is 35.5. The quantitative estimate of drug-likeness (QED) is 0.452. The second kappa shape index (κ2) is 9.45. The molecule has 0 atom stereocenters. The third kappa shape index (κ3) is 6.16. The first kappa shape index (κ1) is 21.6. The molecule has 0 aliphatic heterocycles. The first-order valence-electron chi connectivity index (χ1n) is 8.42. The van der Waals surface area contributed by atoms with Crippen LogP contribution in [0.3, 0.4) is 0 Å². The van der Waals surface area contributed by atoms with Gasteiger partial charge < -0.3 is 15.4 Å². The zero-order valence-electron chi connectivity index (χ0n) is 14.9. The van der Waals surface area contributed by atoms with Crippen molar-refractivity contribution in [2.24, 2.45) is 0 Å². The molecule has 0 radical (unpaired) electrons. The van der Waals surface area contributed by atoms with Crippen LogP contribution in [0, 0.1) is 0 Å². The Morgan fingerprint density at radius 3 is 2.25 bits per heavy atom. The van der Waals surface area contributed by atoms with Gasteiger partial charge in [-0.05, 0) is 48.9 Å². The second-order valence-electron chi connectivity index (χ2n) is 5.84. The number of urea groups is 1. The van der Waals surface area contributed by atoms with Crippen LogP contribution in [-0.4, -0.2) is 18.6 Å². The van der Waals surface area contributed by atoms with E-state index < -0.39 is 28.8 Å². The number of halogens is 4. The van der Waals surface area contributed by atoms with E-state index in [0.717, 1.165) is 25.0 Å². The number of carbonyl (C=O) groups excluding carboxylic acids is 2. The van der Waals surface area contributed by atoms with E-state index in [1.165, 1.54) is 30.3 Å². The van der Waals surface area contributed by atoms with E-state index in [4.69, 9.17) is 16.3 Å². The van der Waals surface area contributed by atoms with Crippen LogP contribution in [0.15, 0.2) is 42.5 Å². The fraction of sp³-hybridized carbons (Fsp3) is 0.263. The number of rotatable bonds is 6. The summed E-state index contributed by atoms with van der Waals surface area (Å²) in [7, 11) is 0. The highest BCUT2D eigenvalue weighted by Crippen LogP contribution is 2.36. The third-order valence-electron chi connectivity index (χ3n) is 3.64. The smallest absolute Gasteiger partial charge is 0.417 e. The first-order valence-corrected chi connectivity index (χ1v) is 8.80. The number of hydrogen-bond acceptors (Lipinski definition) is 3. The number of nitrogens with one attached hydrogen (secondary N) is 2. The summed E-state index contributed by atoms with van der Waals surface area (Å²) in [6.45, 7) is 2.31. The van der Waals surface area contributed by atoms with E-state index >= 15 is 0 Å². The van der Waals surface area contributed by atoms with E-state index in [1.54, 1.807) is 0 Å². The van der Waals surface area contributed by atoms with E-state index in [9.17, 15) is 22.8 Å². The lowest BCUT2D eigenvalue weighted by Gasteiger charge is -2.12. The summed E-state index contributed by atoms with van der Waals surface area (Å²) in [5.74, 6) is -0.467. The van der Waals surface area contributed by atoms with Gasteiger partial charge in [-0.3, -0.25) is 0 Å². The Morgan fingerprint density at radius 1 is 1.04 bits per heavy atom. The summed E-state index contributed by atoms with van der Waals surface area (Å²) in [6, 6.07) is 8.25. The van der Waals surface area contributed by atoms with Crippen LogP contribution >= 0.6 is 11.6 Å². The van der Waals surface area contributed by atoms with Gasteiger partial charge in [0.25, 0.3) is 0 Å². The van der Waals surface area contributed by atoms with Crippen molar-refractivity contribution in [2.75, 3.05) is 17.2 Å². The fourth-order valence-electron chi connectivity index (χ4n) is 2.20. The summed E-state index contributed by atoms with van der Waals surface area (Å²) in [4.78, 5) is 23.8. The Kier molecular flexibility index (Phi) is 7.28. The number of carbonyl (C=O) groups is 2. The highest BCUT2D eigenvalue weighted by molar-refractivity contribution is 6.31. The van der Waals surface area contributed by atoms with Crippen molar-refractivity contribution in [3.63, 3.8) is 0 Å². The van der Waals surface area contributed by atoms with Crippen molar-refractivity contribution < 1.29 is 27.5 Å². The number of ether oxygens (including phenoxy) is 1. The van der Waals surface area contributed by atoms with Gasteiger partial charge in [0.1, 0.15) is 0 Å². The summed E-state index contributed by atoms with van der Waals surface area (Å²) < 4.78 is 43.7. The lowest BCUT2D eigenvalue weighted by molar-refractivity contribution is -0.137. The molecular weight excluding hydrogens is 397 g/mol. The molecule has 0 fully saturated rings. The summed E-state index contributed by atoms with van der Waals surface area (Å²) in [5, 5.41) is 4.31. The molecule has 0 saturated carbocycles. The van der Waals surface area contributed by atoms with Gasteiger partial charge in [-0.1, -0.05) is 24.9 Å². The molecule has 2 aromatic carbocycles. The summed E-state index contributed by atoms with van der Waals surface area (Å²) in [5.41, 5.74) is -0.426. The van der Waals surface area contributed by atoms with Crippen molar-refractivity contribution in [2.45, 2.75) is 25.9 Å². The largest absolute Gasteiger partial charge is 0.462 e. The Hall–Kier alpha value is -2.74. The Bertz CT molecular complexity index is 839. The Balaban J connectivity index is 1.97. The van der Waals surface area contributed by atoms with Crippen molar-refractivity contribution in [1.29, 1.82) is 0 Å². The number of anilines is 2. The Morgan fingerprint density at radius 2 is 1.64 bits per heavy atom. The van der Waals surface area contributed by atoms with Gasteiger partial charge in [0.05, 0.1) is 22.8 Å². The van der Waals surface area contributed by atoms with Crippen LogP contribution in [0.1, 0.15) is 35.7 Å². The molecule has 2 amide bonds. The van der Waals surface area contributed by atoms with Gasteiger partial charge in [0.2, 0.25) is 0 Å². The molecule has 0 aliphatic rings. The third-order valence-corrected chi connectivity index (χ3v) is 3.97. The monoisotopic (exact) mass is 414 g/mol. The van der Waals surface area contributed by atoms with Gasteiger partial charge in [0, 0.05) is 11.4 Å². The molecule has 2 N–H and O–H groups in total. The lowest BCUT2D eigenvalue weighted by atomic mass is 10.2. The van der Waals surface area contributed by atoms with Crippen LogP contribution in [0.2, 0.25) is 5.02 Å². The molecule has 5 nitrogen and oxygen atoms in total. The maximum Gasteiger partial charge on any atom is 0.417 e. The minimum Gasteiger partial charge on any atom is -0.462 e. The van der Waals surface area contributed by atoms with Crippen LogP contribution < -0.4 is 10.6 Å². The molecule has 0 spiro atoms. The van der Waals surface area contributed by atoms with Gasteiger partial charge in [-0.15, -0.1) is 0 Å². The molecular formula is C19H18ClF3N2O3. The van der Waals surface area contributed by atoms with Gasteiger partial charge in [0.15, 0.2) is 0 Å². The average Bonchev–Trinajstić information content (AvgIpc) is 2.63. The molecule has 0 aliphatic carbocycles. The van der Waals surface area contributed by atoms with Crippen molar-refractivity contribution in [3.8, 4) is 0 Å².